The minimum absolute atomic E-state index is 0. The van der Waals surface area contributed by atoms with Crippen molar-refractivity contribution in [2.75, 3.05) is 26.2 Å². The number of amides is 1. The van der Waals surface area contributed by atoms with Crippen LogP contribution in [0.3, 0.4) is 0 Å². The molecule has 0 aliphatic carbocycles. The molecule has 2 N–H and O–H groups in total. The largest absolute Gasteiger partial charge is 0.354 e. The van der Waals surface area contributed by atoms with E-state index in [0.717, 1.165) is 35.9 Å². The van der Waals surface area contributed by atoms with Crippen LogP contribution in [0.15, 0.2) is 24.5 Å². The maximum atomic E-state index is 12.7. The highest BCUT2D eigenvalue weighted by molar-refractivity contribution is 5.85. The Hall–Kier alpha value is -1.34. The van der Waals surface area contributed by atoms with E-state index in [4.69, 9.17) is 0 Å². The lowest BCUT2D eigenvalue weighted by Gasteiger charge is -2.55. The topological polar surface area (TPSA) is 61.7 Å². The summed E-state index contributed by atoms with van der Waals surface area (Å²) in [4.78, 5) is 19.9. The Morgan fingerprint density at radius 1 is 1.27 bits per heavy atom. The molecular formula is C22H33Cl2N5O. The normalized spacial score (nSPS) is 28.2. The summed E-state index contributed by atoms with van der Waals surface area (Å²) in [7, 11) is 0. The van der Waals surface area contributed by atoms with Crippen LogP contribution >= 0.6 is 24.8 Å². The van der Waals surface area contributed by atoms with Gasteiger partial charge in [0.15, 0.2) is 0 Å². The summed E-state index contributed by atoms with van der Waals surface area (Å²) < 4.78 is 2.03. The number of nitrogens with one attached hydrogen (secondary N) is 2. The van der Waals surface area contributed by atoms with Gasteiger partial charge in [-0.25, -0.2) is 4.98 Å². The van der Waals surface area contributed by atoms with Gasteiger partial charge >= 0.3 is 0 Å². The van der Waals surface area contributed by atoms with Crippen LogP contribution in [-0.4, -0.2) is 58.5 Å². The molecule has 3 aliphatic heterocycles. The fourth-order valence-electron chi connectivity index (χ4n) is 5.83. The second-order valence-electron chi connectivity index (χ2n) is 8.90. The summed E-state index contributed by atoms with van der Waals surface area (Å²) in [5.74, 6) is 1.56. The maximum absolute atomic E-state index is 12.7. The third-order valence-corrected chi connectivity index (χ3v) is 7.18. The van der Waals surface area contributed by atoms with Gasteiger partial charge < -0.3 is 15.0 Å². The molecule has 2 bridgehead atoms. The predicted molar refractivity (Wildman–Crippen MR) is 124 cm³/mol. The van der Waals surface area contributed by atoms with Crippen molar-refractivity contribution < 1.29 is 4.79 Å². The number of imidazole rings is 1. The maximum Gasteiger partial charge on any atom is 0.226 e. The summed E-state index contributed by atoms with van der Waals surface area (Å²) >= 11 is 0. The number of piperidine rings is 3. The molecule has 2 aromatic heterocycles. The van der Waals surface area contributed by atoms with Crippen molar-refractivity contribution in [3.8, 4) is 0 Å². The van der Waals surface area contributed by atoms with Gasteiger partial charge in [0.05, 0.1) is 12.1 Å². The van der Waals surface area contributed by atoms with Crippen molar-refractivity contribution in [1.82, 2.24) is 24.9 Å². The van der Waals surface area contributed by atoms with E-state index in [2.05, 4.69) is 33.5 Å². The Labute approximate surface area is 191 Å². The first-order valence-corrected chi connectivity index (χ1v) is 10.9. The molecule has 166 valence electrons. The molecule has 4 atom stereocenters. The summed E-state index contributed by atoms with van der Waals surface area (Å²) in [5, 5.41) is 6.90. The zero-order valence-electron chi connectivity index (χ0n) is 17.5. The highest BCUT2D eigenvalue weighted by Gasteiger charge is 2.45. The molecule has 1 amide bonds. The average molecular weight is 454 g/mol. The number of nitrogens with zero attached hydrogens (tertiary/aromatic N) is 3. The Morgan fingerprint density at radius 3 is 2.97 bits per heavy atom. The molecule has 0 aromatic carbocycles. The van der Waals surface area contributed by atoms with E-state index in [-0.39, 0.29) is 30.7 Å². The number of hydrogen-bond acceptors (Lipinski definition) is 4. The molecule has 0 unspecified atom stereocenters. The third-order valence-electron chi connectivity index (χ3n) is 7.18. The quantitative estimate of drug-likeness (QED) is 0.746. The smallest absolute Gasteiger partial charge is 0.226 e. The van der Waals surface area contributed by atoms with Crippen molar-refractivity contribution in [3.05, 3.63) is 35.8 Å². The van der Waals surface area contributed by atoms with Gasteiger partial charge in [0.2, 0.25) is 5.91 Å². The molecule has 3 aliphatic rings. The molecule has 0 radical (unpaired) electrons. The fraction of sp³-hybridized carbons (Fsp3) is 0.636. The summed E-state index contributed by atoms with van der Waals surface area (Å²) in [6, 6.07) is 5.25. The van der Waals surface area contributed by atoms with Crippen LogP contribution in [0.1, 0.15) is 36.9 Å². The summed E-state index contributed by atoms with van der Waals surface area (Å²) in [6.45, 7) is 6.28. The van der Waals surface area contributed by atoms with Gasteiger partial charge in [-0.2, -0.15) is 0 Å². The molecule has 3 saturated heterocycles. The first-order valence-electron chi connectivity index (χ1n) is 10.9. The number of rotatable bonds is 4. The Balaban J connectivity index is 0.00000128. The second kappa shape index (κ2) is 9.86. The van der Waals surface area contributed by atoms with E-state index in [1.807, 2.05) is 22.9 Å². The number of fused-ring (bicyclic) bond motifs is 5. The Bertz CT molecular complexity index is 872. The summed E-state index contributed by atoms with van der Waals surface area (Å²) in [5.41, 5.74) is 3.02. The van der Waals surface area contributed by atoms with E-state index in [0.29, 0.717) is 24.4 Å². The van der Waals surface area contributed by atoms with E-state index in [1.54, 1.807) is 0 Å². The number of hydrogen-bond donors (Lipinski definition) is 2. The first-order chi connectivity index (χ1) is 13.7. The lowest BCUT2D eigenvalue weighted by atomic mass is 9.73. The molecule has 0 spiro atoms. The van der Waals surface area contributed by atoms with Crippen LogP contribution in [-0.2, 0) is 11.2 Å². The Kier molecular flexibility index (Phi) is 7.66. The SMILES string of the molecule is Cc1cccn2c(CC(=O)NC[C@H]3[C@@H]4CNC[C@@H](C4)[C@@H]4CCCCN43)cnc12.Cl.Cl. The lowest BCUT2D eigenvalue weighted by Crippen LogP contribution is -2.65. The number of pyridine rings is 1. The van der Waals surface area contributed by atoms with Gasteiger partial charge in [0.25, 0.3) is 0 Å². The van der Waals surface area contributed by atoms with Crippen molar-refractivity contribution in [1.29, 1.82) is 0 Å². The van der Waals surface area contributed by atoms with Crippen molar-refractivity contribution in [2.24, 2.45) is 11.8 Å². The second-order valence-corrected chi connectivity index (χ2v) is 8.90. The van der Waals surface area contributed by atoms with E-state index in [9.17, 15) is 4.79 Å². The Morgan fingerprint density at radius 2 is 2.10 bits per heavy atom. The minimum atomic E-state index is 0. The van der Waals surface area contributed by atoms with Gasteiger partial charge in [-0.15, -0.1) is 24.8 Å². The van der Waals surface area contributed by atoms with Crippen LogP contribution in [0.4, 0.5) is 0 Å². The number of halogens is 2. The molecule has 6 nitrogen and oxygen atoms in total. The molecule has 0 saturated carbocycles. The molecule has 5 heterocycles. The highest BCUT2D eigenvalue weighted by Crippen LogP contribution is 2.38. The lowest BCUT2D eigenvalue weighted by molar-refractivity contribution is -0.121. The standard InChI is InChI=1S/C22H31N5O.2ClH/c1-15-5-4-8-26-18(13-25-22(15)26)10-21(28)24-14-20-17-9-16(11-23-12-17)19-6-2-3-7-27(19)20;;/h4-5,8,13,16-17,19-20,23H,2-3,6-7,9-12,14H2,1H3,(H,24,28);2*1H/t16-,17+,19+,20+;;/m1../s1. The fourth-order valence-corrected chi connectivity index (χ4v) is 5.83. The van der Waals surface area contributed by atoms with Crippen LogP contribution in [0.2, 0.25) is 0 Å². The van der Waals surface area contributed by atoms with E-state index < -0.39 is 0 Å². The van der Waals surface area contributed by atoms with Crippen LogP contribution in [0.5, 0.6) is 0 Å². The van der Waals surface area contributed by atoms with Crippen molar-refractivity contribution in [2.45, 2.75) is 51.1 Å². The van der Waals surface area contributed by atoms with Gasteiger partial charge in [0, 0.05) is 31.0 Å². The predicted octanol–water partition coefficient (Wildman–Crippen LogP) is 2.61. The molecule has 3 fully saturated rings. The van der Waals surface area contributed by atoms with E-state index >= 15 is 0 Å². The first kappa shape index (κ1) is 23.3. The number of aryl methyl sites for hydroxylation is 1. The zero-order chi connectivity index (χ0) is 19.1. The third kappa shape index (κ3) is 4.33. The van der Waals surface area contributed by atoms with Gasteiger partial charge in [-0.1, -0.05) is 12.5 Å². The number of carbonyl (C=O) groups excluding carboxylic acids is 1. The molecular weight excluding hydrogens is 421 g/mol. The van der Waals surface area contributed by atoms with Gasteiger partial charge in [-0.3, -0.25) is 9.69 Å². The van der Waals surface area contributed by atoms with E-state index in [1.165, 1.54) is 38.8 Å². The number of aromatic nitrogens is 2. The molecule has 8 heteroatoms. The molecule has 2 aromatic rings. The average Bonchev–Trinajstić information content (AvgIpc) is 3.12. The molecule has 30 heavy (non-hydrogen) atoms. The van der Waals surface area contributed by atoms with Gasteiger partial charge in [0.1, 0.15) is 5.65 Å². The van der Waals surface area contributed by atoms with Gasteiger partial charge in [-0.05, 0) is 69.3 Å². The van der Waals surface area contributed by atoms with Crippen LogP contribution < -0.4 is 10.6 Å². The number of carbonyl (C=O) groups is 1. The minimum Gasteiger partial charge on any atom is -0.354 e. The van der Waals surface area contributed by atoms with Crippen molar-refractivity contribution in [3.63, 3.8) is 0 Å². The summed E-state index contributed by atoms with van der Waals surface area (Å²) in [6.07, 6.45) is 9.51. The highest BCUT2D eigenvalue weighted by atomic mass is 35.5. The van der Waals surface area contributed by atoms with Crippen molar-refractivity contribution >= 4 is 36.4 Å². The van der Waals surface area contributed by atoms with Crippen LogP contribution in [0, 0.1) is 18.8 Å². The van der Waals surface area contributed by atoms with Crippen LogP contribution in [0.25, 0.3) is 5.65 Å². The molecule has 5 rings (SSSR count). The monoisotopic (exact) mass is 453 g/mol. The zero-order valence-corrected chi connectivity index (χ0v) is 19.2.